The van der Waals surface area contributed by atoms with Crippen LogP contribution in [0.3, 0.4) is 0 Å². The van der Waals surface area contributed by atoms with Crippen LogP contribution in [0.25, 0.3) is 0 Å². The minimum atomic E-state index is -3.42. The maximum atomic E-state index is 12.0. The number of nitrogens with one attached hydrogen (secondary N) is 2. The van der Waals surface area contributed by atoms with Crippen LogP contribution in [0.5, 0.6) is 0 Å². The third-order valence-corrected chi connectivity index (χ3v) is 4.17. The molecule has 0 radical (unpaired) electrons. The molecule has 0 bridgehead atoms. The van der Waals surface area contributed by atoms with E-state index in [0.29, 0.717) is 18.9 Å². The van der Waals surface area contributed by atoms with Crippen LogP contribution in [-0.4, -0.2) is 36.0 Å². The molecule has 1 fully saturated rings. The number of nitrogens with zero attached hydrogens (tertiary/aromatic N) is 2. The van der Waals surface area contributed by atoms with Gasteiger partial charge >= 0.3 is 10.2 Å². The fourth-order valence-corrected chi connectivity index (χ4v) is 3.06. The topological polar surface area (TPSA) is 78.1 Å². The van der Waals surface area contributed by atoms with Crippen LogP contribution in [0, 0.1) is 0 Å². The molecule has 2 heterocycles. The van der Waals surface area contributed by atoms with Gasteiger partial charge in [-0.25, -0.2) is 0 Å². The largest absolute Gasteiger partial charge is 0.302 e. The van der Waals surface area contributed by atoms with Crippen LogP contribution in [0.2, 0.25) is 0 Å². The summed E-state index contributed by atoms with van der Waals surface area (Å²) in [6.45, 7) is 1.20. The zero-order valence-corrected chi connectivity index (χ0v) is 9.83. The first-order valence-corrected chi connectivity index (χ1v) is 6.90. The Morgan fingerprint density at radius 2 is 1.94 bits per heavy atom. The highest BCUT2D eigenvalue weighted by Crippen LogP contribution is 2.14. The van der Waals surface area contributed by atoms with Crippen molar-refractivity contribution in [2.45, 2.75) is 25.7 Å². The lowest BCUT2D eigenvalue weighted by molar-refractivity contribution is 0.427. The monoisotopic (exact) mass is 244 g/mol. The summed E-state index contributed by atoms with van der Waals surface area (Å²) < 4.78 is 27.9. The highest BCUT2D eigenvalue weighted by molar-refractivity contribution is 7.90. The summed E-state index contributed by atoms with van der Waals surface area (Å²) in [6.07, 6.45) is 5.60. The van der Waals surface area contributed by atoms with E-state index >= 15 is 0 Å². The van der Waals surface area contributed by atoms with Gasteiger partial charge in [0.15, 0.2) is 0 Å². The summed E-state index contributed by atoms with van der Waals surface area (Å²) in [6, 6.07) is 1.59. The van der Waals surface area contributed by atoms with Gasteiger partial charge in [-0.05, 0) is 12.8 Å². The molecule has 90 valence electrons. The normalized spacial score (nSPS) is 19.2. The second kappa shape index (κ2) is 4.84. The lowest BCUT2D eigenvalue weighted by Gasteiger charge is -2.19. The van der Waals surface area contributed by atoms with E-state index in [-0.39, 0.29) is 0 Å². The second-order valence-corrected chi connectivity index (χ2v) is 5.56. The van der Waals surface area contributed by atoms with Crippen molar-refractivity contribution in [3.8, 4) is 0 Å². The number of hydrogen-bond donors (Lipinski definition) is 2. The van der Waals surface area contributed by atoms with E-state index < -0.39 is 10.2 Å². The van der Waals surface area contributed by atoms with Gasteiger partial charge in [0.1, 0.15) is 5.82 Å². The van der Waals surface area contributed by atoms with Crippen LogP contribution in [0.1, 0.15) is 25.7 Å². The number of hydrogen-bond acceptors (Lipinski definition) is 3. The van der Waals surface area contributed by atoms with Gasteiger partial charge < -0.3 is 0 Å². The molecule has 16 heavy (non-hydrogen) atoms. The number of aromatic nitrogens is 2. The van der Waals surface area contributed by atoms with E-state index in [9.17, 15) is 8.42 Å². The van der Waals surface area contributed by atoms with Gasteiger partial charge in [-0.2, -0.15) is 17.8 Å². The molecule has 0 spiro atoms. The Kier molecular flexibility index (Phi) is 3.45. The summed E-state index contributed by atoms with van der Waals surface area (Å²) >= 11 is 0. The van der Waals surface area contributed by atoms with Gasteiger partial charge in [0.2, 0.25) is 0 Å². The van der Waals surface area contributed by atoms with E-state index in [1.807, 2.05) is 0 Å². The zero-order valence-electron chi connectivity index (χ0n) is 9.02. The summed E-state index contributed by atoms with van der Waals surface area (Å²) in [5.41, 5.74) is 0. The van der Waals surface area contributed by atoms with Gasteiger partial charge in [0.05, 0.1) is 6.20 Å². The molecule has 7 heteroatoms. The maximum absolute atomic E-state index is 12.0. The van der Waals surface area contributed by atoms with Gasteiger partial charge in [-0.3, -0.25) is 9.82 Å². The van der Waals surface area contributed by atoms with Gasteiger partial charge in [0, 0.05) is 19.2 Å². The first-order valence-electron chi connectivity index (χ1n) is 5.46. The summed E-state index contributed by atoms with van der Waals surface area (Å²) in [5.74, 6) is 0.407. The van der Waals surface area contributed by atoms with Gasteiger partial charge in [0.25, 0.3) is 0 Å². The van der Waals surface area contributed by atoms with Crippen molar-refractivity contribution in [3.63, 3.8) is 0 Å². The predicted octanol–water partition coefficient (Wildman–Crippen LogP) is 0.942. The minimum Gasteiger partial charge on any atom is -0.262 e. The van der Waals surface area contributed by atoms with Crippen molar-refractivity contribution in [1.29, 1.82) is 0 Å². The molecular formula is C9H16N4O2S. The molecule has 0 aromatic carbocycles. The lowest BCUT2D eigenvalue weighted by Crippen LogP contribution is -2.36. The lowest BCUT2D eigenvalue weighted by atomic mass is 10.2. The van der Waals surface area contributed by atoms with Crippen molar-refractivity contribution >= 4 is 16.0 Å². The molecule has 0 unspecified atom stereocenters. The fraction of sp³-hybridized carbons (Fsp3) is 0.667. The molecule has 1 aromatic rings. The molecule has 0 amide bonds. The molecule has 0 atom stereocenters. The average Bonchev–Trinajstić information content (AvgIpc) is 2.56. The molecule has 2 N–H and O–H groups in total. The summed E-state index contributed by atoms with van der Waals surface area (Å²) in [7, 11) is -3.42. The highest BCUT2D eigenvalue weighted by atomic mass is 32.2. The van der Waals surface area contributed by atoms with Crippen molar-refractivity contribution in [3.05, 3.63) is 12.3 Å². The average molecular weight is 244 g/mol. The predicted molar refractivity (Wildman–Crippen MR) is 61.2 cm³/mol. The number of anilines is 1. The molecule has 0 saturated carbocycles. The molecular weight excluding hydrogens is 228 g/mol. The number of aromatic amines is 1. The molecule has 6 nitrogen and oxygen atoms in total. The first kappa shape index (κ1) is 11.4. The standard InChI is InChI=1S/C9H16N4O2S/c14-16(15,12-9-5-6-10-11-9)13-7-3-1-2-4-8-13/h5-6H,1-4,7-8H2,(H2,10,11,12). The first-order chi connectivity index (χ1) is 7.68. The Bertz CT molecular complexity index is 407. The van der Waals surface area contributed by atoms with Gasteiger partial charge in [-0.15, -0.1) is 0 Å². The quantitative estimate of drug-likeness (QED) is 0.830. The maximum Gasteiger partial charge on any atom is 0.302 e. The fourth-order valence-electron chi connectivity index (χ4n) is 1.80. The number of rotatable bonds is 3. The molecule has 1 aliphatic heterocycles. The SMILES string of the molecule is O=S(=O)(Nc1ccn[nH]1)N1CCCCCC1. The Morgan fingerprint density at radius 1 is 1.25 bits per heavy atom. The highest BCUT2D eigenvalue weighted by Gasteiger charge is 2.22. The second-order valence-electron chi connectivity index (χ2n) is 3.89. The van der Waals surface area contributed by atoms with Crippen molar-refractivity contribution in [2.75, 3.05) is 17.8 Å². The summed E-state index contributed by atoms with van der Waals surface area (Å²) in [4.78, 5) is 0. The molecule has 1 saturated heterocycles. The van der Waals surface area contributed by atoms with E-state index in [1.54, 1.807) is 6.07 Å². The van der Waals surface area contributed by atoms with Crippen LogP contribution in [0.4, 0.5) is 5.82 Å². The Hall–Kier alpha value is -1.08. The Morgan fingerprint density at radius 3 is 2.50 bits per heavy atom. The van der Waals surface area contributed by atoms with Crippen molar-refractivity contribution in [2.24, 2.45) is 0 Å². The van der Waals surface area contributed by atoms with Crippen LogP contribution in [0.15, 0.2) is 12.3 Å². The Labute approximate surface area is 95.2 Å². The van der Waals surface area contributed by atoms with E-state index in [1.165, 1.54) is 10.5 Å². The molecule has 1 aromatic heterocycles. The van der Waals surface area contributed by atoms with E-state index in [4.69, 9.17) is 0 Å². The third-order valence-electron chi connectivity index (χ3n) is 2.64. The molecule has 2 rings (SSSR count). The van der Waals surface area contributed by atoms with Crippen molar-refractivity contribution in [1.82, 2.24) is 14.5 Å². The third kappa shape index (κ3) is 2.73. The van der Waals surface area contributed by atoms with E-state index in [2.05, 4.69) is 14.9 Å². The smallest absolute Gasteiger partial charge is 0.262 e. The summed E-state index contributed by atoms with van der Waals surface area (Å²) in [5, 5.41) is 6.28. The van der Waals surface area contributed by atoms with Crippen LogP contribution >= 0.6 is 0 Å². The van der Waals surface area contributed by atoms with Crippen LogP contribution in [-0.2, 0) is 10.2 Å². The van der Waals surface area contributed by atoms with Crippen LogP contribution < -0.4 is 4.72 Å². The van der Waals surface area contributed by atoms with E-state index in [0.717, 1.165) is 25.7 Å². The molecule has 0 aliphatic carbocycles. The van der Waals surface area contributed by atoms with Gasteiger partial charge in [-0.1, -0.05) is 12.8 Å². The Balaban J connectivity index is 2.05. The zero-order chi connectivity index (χ0) is 11.4. The number of H-pyrrole nitrogens is 1. The molecule has 1 aliphatic rings. The minimum absolute atomic E-state index is 0.407. The van der Waals surface area contributed by atoms with Crippen molar-refractivity contribution < 1.29 is 8.42 Å².